The van der Waals surface area contributed by atoms with Gasteiger partial charge in [-0.05, 0) is 32.8 Å². The molecule has 0 spiro atoms. The van der Waals surface area contributed by atoms with Gasteiger partial charge in [0.2, 0.25) is 0 Å². The van der Waals surface area contributed by atoms with Crippen LogP contribution in [-0.2, 0) is 6.42 Å². The van der Waals surface area contributed by atoms with E-state index < -0.39 is 0 Å². The number of anilines is 1. The summed E-state index contributed by atoms with van der Waals surface area (Å²) >= 11 is 1.21. The largest absolute Gasteiger partial charge is 0.466 e. The highest BCUT2D eigenvalue weighted by Crippen LogP contribution is 2.26. The van der Waals surface area contributed by atoms with Crippen LogP contribution in [0, 0.1) is 13.8 Å². The molecular formula is C14H15N3O3S. The van der Waals surface area contributed by atoms with E-state index in [0.717, 1.165) is 18.5 Å². The number of amides is 2. The number of carbonyl (C=O) groups excluding carboxylic acids is 2. The fourth-order valence-corrected chi connectivity index (χ4v) is 3.23. The Bertz CT molecular complexity index is 717. The third kappa shape index (κ3) is 2.69. The van der Waals surface area contributed by atoms with Crippen molar-refractivity contribution in [3.63, 3.8) is 0 Å². The van der Waals surface area contributed by atoms with Crippen molar-refractivity contribution in [3.8, 4) is 0 Å². The standard InChI is InChI=1S/C14H15N3O3S/c1-7-6-9(8(2)20-7)12(18)17-14-16-10-4-3-5-15-13(19)11(10)21-14/h6H,3-5H2,1-2H3,(H,15,19)(H,16,17,18). The molecule has 3 heterocycles. The second kappa shape index (κ2) is 5.33. The average molecular weight is 305 g/mol. The van der Waals surface area contributed by atoms with Gasteiger partial charge in [0.15, 0.2) is 5.13 Å². The number of nitrogens with one attached hydrogen (secondary N) is 2. The van der Waals surface area contributed by atoms with Gasteiger partial charge in [0.25, 0.3) is 11.8 Å². The maximum atomic E-state index is 12.2. The van der Waals surface area contributed by atoms with Crippen LogP contribution in [0.15, 0.2) is 10.5 Å². The summed E-state index contributed by atoms with van der Waals surface area (Å²) in [4.78, 5) is 29.0. The molecule has 0 aliphatic carbocycles. The average Bonchev–Trinajstić information content (AvgIpc) is 2.93. The number of hydrogen-bond donors (Lipinski definition) is 2. The molecule has 0 radical (unpaired) electrons. The molecule has 0 aromatic carbocycles. The van der Waals surface area contributed by atoms with Crippen LogP contribution in [0.3, 0.4) is 0 Å². The first-order valence-electron chi connectivity index (χ1n) is 6.71. The molecule has 0 saturated carbocycles. The van der Waals surface area contributed by atoms with Crippen molar-refractivity contribution in [3.05, 3.63) is 33.7 Å². The first-order chi connectivity index (χ1) is 10.0. The van der Waals surface area contributed by atoms with Gasteiger partial charge in [0.1, 0.15) is 16.4 Å². The number of aryl methyl sites for hydroxylation is 3. The molecule has 110 valence electrons. The maximum Gasteiger partial charge on any atom is 0.263 e. The molecule has 0 bridgehead atoms. The highest BCUT2D eigenvalue weighted by molar-refractivity contribution is 7.17. The topological polar surface area (TPSA) is 84.2 Å². The first-order valence-corrected chi connectivity index (χ1v) is 7.52. The summed E-state index contributed by atoms with van der Waals surface area (Å²) in [6, 6.07) is 1.69. The molecule has 1 aliphatic heterocycles. The summed E-state index contributed by atoms with van der Waals surface area (Å²) in [6.07, 6.45) is 1.60. The number of furan rings is 1. The van der Waals surface area contributed by atoms with Gasteiger partial charge in [-0.25, -0.2) is 4.98 Å². The summed E-state index contributed by atoms with van der Waals surface area (Å²) in [5.41, 5.74) is 1.24. The monoisotopic (exact) mass is 305 g/mol. The molecule has 0 fully saturated rings. The second-order valence-corrected chi connectivity index (χ2v) is 5.93. The molecule has 6 nitrogen and oxygen atoms in total. The van der Waals surface area contributed by atoms with Gasteiger partial charge in [-0.15, -0.1) is 0 Å². The van der Waals surface area contributed by atoms with Crippen molar-refractivity contribution in [1.29, 1.82) is 0 Å². The molecule has 2 amide bonds. The van der Waals surface area contributed by atoms with Gasteiger partial charge in [-0.1, -0.05) is 11.3 Å². The van der Waals surface area contributed by atoms with Crippen molar-refractivity contribution < 1.29 is 14.0 Å². The summed E-state index contributed by atoms with van der Waals surface area (Å²) in [6.45, 7) is 4.20. The fraction of sp³-hybridized carbons (Fsp3) is 0.357. The number of thiazole rings is 1. The molecular weight excluding hydrogens is 290 g/mol. The Labute approximate surface area is 125 Å². The zero-order valence-corrected chi connectivity index (χ0v) is 12.6. The SMILES string of the molecule is Cc1cc(C(=O)Nc2nc3c(s2)C(=O)NCCC3)c(C)o1. The summed E-state index contributed by atoms with van der Waals surface area (Å²) in [5, 5.41) is 6.00. The van der Waals surface area contributed by atoms with E-state index in [1.165, 1.54) is 11.3 Å². The predicted molar refractivity (Wildman–Crippen MR) is 78.9 cm³/mol. The molecule has 2 N–H and O–H groups in total. The molecule has 2 aromatic heterocycles. The minimum atomic E-state index is -0.270. The van der Waals surface area contributed by atoms with Crippen LogP contribution in [0.5, 0.6) is 0 Å². The Morgan fingerprint density at radius 3 is 3.00 bits per heavy atom. The highest BCUT2D eigenvalue weighted by Gasteiger charge is 2.22. The van der Waals surface area contributed by atoms with Gasteiger partial charge in [-0.3, -0.25) is 14.9 Å². The van der Waals surface area contributed by atoms with Crippen molar-refractivity contribution in [2.45, 2.75) is 26.7 Å². The zero-order chi connectivity index (χ0) is 15.0. The van der Waals surface area contributed by atoms with Gasteiger partial charge in [0, 0.05) is 6.54 Å². The number of carbonyl (C=O) groups is 2. The van der Waals surface area contributed by atoms with Crippen LogP contribution >= 0.6 is 11.3 Å². The smallest absolute Gasteiger partial charge is 0.263 e. The molecule has 21 heavy (non-hydrogen) atoms. The lowest BCUT2D eigenvalue weighted by Gasteiger charge is -2.00. The van der Waals surface area contributed by atoms with Crippen molar-refractivity contribution in [2.75, 3.05) is 11.9 Å². The first kappa shape index (κ1) is 13.8. The minimum Gasteiger partial charge on any atom is -0.466 e. The van der Waals surface area contributed by atoms with E-state index in [2.05, 4.69) is 15.6 Å². The third-order valence-electron chi connectivity index (χ3n) is 3.29. The van der Waals surface area contributed by atoms with Gasteiger partial charge < -0.3 is 9.73 Å². The normalized spacial score (nSPS) is 14.3. The molecule has 1 aliphatic rings. The Morgan fingerprint density at radius 2 is 2.29 bits per heavy atom. The maximum absolute atomic E-state index is 12.2. The van der Waals surface area contributed by atoms with Crippen LogP contribution in [0.25, 0.3) is 0 Å². The Kier molecular flexibility index (Phi) is 3.50. The van der Waals surface area contributed by atoms with Crippen LogP contribution < -0.4 is 10.6 Å². The number of hydrogen-bond acceptors (Lipinski definition) is 5. The fourth-order valence-electron chi connectivity index (χ4n) is 2.31. The van der Waals surface area contributed by atoms with Crippen LogP contribution in [-0.4, -0.2) is 23.3 Å². The quantitative estimate of drug-likeness (QED) is 0.891. The van der Waals surface area contributed by atoms with E-state index in [-0.39, 0.29) is 11.8 Å². The van der Waals surface area contributed by atoms with Crippen molar-refractivity contribution in [1.82, 2.24) is 10.3 Å². The number of fused-ring (bicyclic) bond motifs is 1. The summed E-state index contributed by atoms with van der Waals surface area (Å²) < 4.78 is 5.35. The third-order valence-corrected chi connectivity index (χ3v) is 4.30. The van der Waals surface area contributed by atoms with Gasteiger partial charge in [-0.2, -0.15) is 0 Å². The van der Waals surface area contributed by atoms with E-state index in [9.17, 15) is 9.59 Å². The van der Waals surface area contributed by atoms with Crippen molar-refractivity contribution in [2.24, 2.45) is 0 Å². The summed E-state index contributed by atoms with van der Waals surface area (Å²) in [5.74, 6) is 0.873. The Morgan fingerprint density at radius 1 is 1.48 bits per heavy atom. The van der Waals surface area contributed by atoms with E-state index in [4.69, 9.17) is 4.42 Å². The van der Waals surface area contributed by atoms with Gasteiger partial charge >= 0.3 is 0 Å². The lowest BCUT2D eigenvalue weighted by atomic mass is 10.2. The molecule has 7 heteroatoms. The van der Waals surface area contributed by atoms with Crippen molar-refractivity contribution >= 4 is 28.3 Å². The molecule has 2 aromatic rings. The minimum absolute atomic E-state index is 0.115. The highest BCUT2D eigenvalue weighted by atomic mass is 32.1. The molecule has 0 unspecified atom stereocenters. The number of rotatable bonds is 2. The van der Waals surface area contributed by atoms with Crippen LogP contribution in [0.1, 0.15) is 43.7 Å². The number of aromatic nitrogens is 1. The van der Waals surface area contributed by atoms with E-state index >= 15 is 0 Å². The van der Waals surface area contributed by atoms with Crippen LogP contribution in [0.4, 0.5) is 5.13 Å². The Balaban J connectivity index is 1.83. The molecule has 0 saturated heterocycles. The molecule has 0 atom stereocenters. The van der Waals surface area contributed by atoms with Crippen LogP contribution in [0.2, 0.25) is 0 Å². The van der Waals surface area contributed by atoms with E-state index in [1.807, 2.05) is 0 Å². The lowest BCUT2D eigenvalue weighted by Crippen LogP contribution is -2.21. The predicted octanol–water partition coefficient (Wildman–Crippen LogP) is 2.28. The zero-order valence-electron chi connectivity index (χ0n) is 11.8. The Hall–Kier alpha value is -2.15. The summed E-state index contributed by atoms with van der Waals surface area (Å²) in [7, 11) is 0. The lowest BCUT2D eigenvalue weighted by molar-refractivity contribution is 0.0958. The molecule has 3 rings (SSSR count). The van der Waals surface area contributed by atoms with Gasteiger partial charge in [0.05, 0.1) is 11.3 Å². The second-order valence-electron chi connectivity index (χ2n) is 4.94. The number of nitrogens with zero attached hydrogens (tertiary/aromatic N) is 1. The van der Waals surface area contributed by atoms with E-state index in [0.29, 0.717) is 33.6 Å². The van der Waals surface area contributed by atoms with E-state index in [1.54, 1.807) is 19.9 Å².